The van der Waals surface area contributed by atoms with Crippen LogP contribution in [0.2, 0.25) is 0 Å². The Labute approximate surface area is 135 Å². The minimum atomic E-state index is -3.70. The molecule has 0 unspecified atom stereocenters. The van der Waals surface area contributed by atoms with Crippen LogP contribution in [0, 0.1) is 0 Å². The summed E-state index contributed by atoms with van der Waals surface area (Å²) in [5.41, 5.74) is 1.15. The van der Waals surface area contributed by atoms with Crippen molar-refractivity contribution in [2.75, 3.05) is 6.54 Å². The summed E-state index contributed by atoms with van der Waals surface area (Å²) in [5.74, 6) is -0.879. The Kier molecular flexibility index (Phi) is 3.06. The maximum atomic E-state index is 13.2. The van der Waals surface area contributed by atoms with Crippen LogP contribution in [0.25, 0.3) is 0 Å². The highest BCUT2D eigenvalue weighted by Crippen LogP contribution is 2.43. The van der Waals surface area contributed by atoms with Gasteiger partial charge in [0.25, 0.3) is 11.8 Å². The summed E-state index contributed by atoms with van der Waals surface area (Å²) >= 11 is 0. The lowest BCUT2D eigenvalue weighted by molar-refractivity contribution is -0.286. The first-order valence-corrected chi connectivity index (χ1v) is 7.29. The van der Waals surface area contributed by atoms with E-state index in [9.17, 15) is 18.4 Å². The number of benzene rings is 2. The van der Waals surface area contributed by atoms with Gasteiger partial charge in [-0.1, -0.05) is 24.3 Å². The molecule has 2 amide bonds. The SMILES string of the molecule is O=C1c2ccccc2C(=O)N1CCc1cccc2c1OC(F)(F)O2. The van der Waals surface area contributed by atoms with Crippen LogP contribution in [0.15, 0.2) is 42.5 Å². The lowest BCUT2D eigenvalue weighted by Gasteiger charge is -2.14. The summed E-state index contributed by atoms with van der Waals surface area (Å²) < 4.78 is 35.3. The minimum absolute atomic E-state index is 0.0557. The summed E-state index contributed by atoms with van der Waals surface area (Å²) in [5, 5.41) is 0. The van der Waals surface area contributed by atoms with Crippen LogP contribution < -0.4 is 9.47 Å². The van der Waals surface area contributed by atoms with Gasteiger partial charge < -0.3 is 9.47 Å². The van der Waals surface area contributed by atoms with Crippen LogP contribution in [0.5, 0.6) is 11.5 Å². The van der Waals surface area contributed by atoms with Crippen molar-refractivity contribution >= 4 is 11.8 Å². The second kappa shape index (κ2) is 5.02. The molecule has 4 rings (SSSR count). The number of halogens is 2. The zero-order valence-corrected chi connectivity index (χ0v) is 12.3. The van der Waals surface area contributed by atoms with Gasteiger partial charge in [-0.25, -0.2) is 0 Å². The molecule has 0 saturated carbocycles. The van der Waals surface area contributed by atoms with E-state index >= 15 is 0 Å². The molecule has 0 fully saturated rings. The number of imide groups is 1. The van der Waals surface area contributed by atoms with Crippen molar-refractivity contribution < 1.29 is 27.8 Å². The largest absolute Gasteiger partial charge is 0.586 e. The van der Waals surface area contributed by atoms with Gasteiger partial charge in [-0.15, -0.1) is 8.78 Å². The van der Waals surface area contributed by atoms with E-state index in [4.69, 9.17) is 0 Å². The maximum Gasteiger partial charge on any atom is 0.586 e. The first-order chi connectivity index (χ1) is 11.5. The summed E-state index contributed by atoms with van der Waals surface area (Å²) in [6.07, 6.45) is -3.51. The average Bonchev–Trinajstić information content (AvgIpc) is 3.00. The predicted octanol–water partition coefficient (Wildman–Crippen LogP) is 2.85. The Bertz CT molecular complexity index is 830. The van der Waals surface area contributed by atoms with Crippen molar-refractivity contribution in [1.29, 1.82) is 0 Å². The van der Waals surface area contributed by atoms with Gasteiger partial charge in [0.05, 0.1) is 11.1 Å². The third kappa shape index (κ3) is 2.20. The Morgan fingerprint density at radius 2 is 1.58 bits per heavy atom. The minimum Gasteiger partial charge on any atom is -0.395 e. The van der Waals surface area contributed by atoms with E-state index in [1.54, 1.807) is 36.4 Å². The van der Waals surface area contributed by atoms with E-state index in [2.05, 4.69) is 9.47 Å². The zero-order valence-electron chi connectivity index (χ0n) is 12.3. The summed E-state index contributed by atoms with van der Waals surface area (Å²) in [7, 11) is 0. The van der Waals surface area contributed by atoms with Gasteiger partial charge in [-0.3, -0.25) is 14.5 Å². The number of hydrogen-bond donors (Lipinski definition) is 0. The number of amides is 2. The van der Waals surface area contributed by atoms with Crippen LogP contribution in [0.3, 0.4) is 0 Å². The van der Waals surface area contributed by atoms with Crippen LogP contribution >= 0.6 is 0 Å². The smallest absolute Gasteiger partial charge is 0.395 e. The lowest BCUT2D eigenvalue weighted by atomic mass is 10.1. The molecular weight excluding hydrogens is 320 g/mol. The molecule has 2 aliphatic rings. The van der Waals surface area contributed by atoms with E-state index in [0.29, 0.717) is 16.7 Å². The first-order valence-electron chi connectivity index (χ1n) is 7.29. The van der Waals surface area contributed by atoms with Gasteiger partial charge in [-0.2, -0.15) is 0 Å². The van der Waals surface area contributed by atoms with E-state index < -0.39 is 6.29 Å². The molecule has 24 heavy (non-hydrogen) atoms. The molecule has 0 atom stereocenters. The Hall–Kier alpha value is -2.96. The number of nitrogens with zero attached hydrogens (tertiary/aromatic N) is 1. The fourth-order valence-electron chi connectivity index (χ4n) is 2.90. The highest BCUT2D eigenvalue weighted by Gasteiger charge is 2.44. The molecule has 7 heteroatoms. The summed E-state index contributed by atoms with van der Waals surface area (Å²) in [4.78, 5) is 25.7. The monoisotopic (exact) mass is 331 g/mol. The molecule has 0 N–H and O–H groups in total. The Balaban J connectivity index is 1.55. The molecule has 2 aromatic rings. The molecule has 2 aromatic carbocycles. The number of fused-ring (bicyclic) bond motifs is 2. The number of rotatable bonds is 3. The molecule has 0 bridgehead atoms. The highest BCUT2D eigenvalue weighted by atomic mass is 19.3. The topological polar surface area (TPSA) is 55.8 Å². The quantitative estimate of drug-likeness (QED) is 0.812. The van der Waals surface area contributed by atoms with Gasteiger partial charge in [-0.05, 0) is 24.6 Å². The maximum absolute atomic E-state index is 13.2. The van der Waals surface area contributed by atoms with Gasteiger partial charge in [0.2, 0.25) is 0 Å². The fourth-order valence-corrected chi connectivity index (χ4v) is 2.90. The molecular formula is C17H11F2NO4. The van der Waals surface area contributed by atoms with E-state index in [-0.39, 0.29) is 36.3 Å². The second-order valence-electron chi connectivity index (χ2n) is 5.47. The van der Waals surface area contributed by atoms with Crippen LogP contribution in [-0.4, -0.2) is 29.6 Å². The van der Waals surface area contributed by atoms with Crippen LogP contribution in [-0.2, 0) is 6.42 Å². The zero-order chi connectivity index (χ0) is 16.9. The third-order valence-electron chi connectivity index (χ3n) is 3.99. The van der Waals surface area contributed by atoms with Gasteiger partial charge in [0, 0.05) is 12.1 Å². The third-order valence-corrected chi connectivity index (χ3v) is 3.99. The Morgan fingerprint density at radius 3 is 2.25 bits per heavy atom. The number of carbonyl (C=O) groups excluding carboxylic acids is 2. The van der Waals surface area contributed by atoms with Crippen molar-refractivity contribution in [3.63, 3.8) is 0 Å². The number of hydrogen-bond acceptors (Lipinski definition) is 4. The number of para-hydroxylation sites is 1. The number of alkyl halides is 2. The molecule has 0 saturated heterocycles. The number of carbonyl (C=O) groups is 2. The van der Waals surface area contributed by atoms with Gasteiger partial charge in [0.15, 0.2) is 11.5 Å². The molecule has 122 valence electrons. The van der Waals surface area contributed by atoms with Crippen LogP contribution in [0.1, 0.15) is 26.3 Å². The molecule has 2 aliphatic heterocycles. The summed E-state index contributed by atoms with van der Waals surface area (Å²) in [6, 6.07) is 11.1. The van der Waals surface area contributed by atoms with Crippen molar-refractivity contribution in [2.24, 2.45) is 0 Å². The van der Waals surface area contributed by atoms with Crippen LogP contribution in [0.4, 0.5) is 8.78 Å². The highest BCUT2D eigenvalue weighted by molar-refractivity contribution is 6.21. The first kappa shape index (κ1) is 14.6. The van der Waals surface area contributed by atoms with Crippen molar-refractivity contribution in [1.82, 2.24) is 4.90 Å². The predicted molar refractivity (Wildman–Crippen MR) is 78.2 cm³/mol. The fraction of sp³-hybridized carbons (Fsp3) is 0.176. The Morgan fingerprint density at radius 1 is 0.917 bits per heavy atom. The lowest BCUT2D eigenvalue weighted by Crippen LogP contribution is -2.31. The molecule has 0 aromatic heterocycles. The molecule has 5 nitrogen and oxygen atoms in total. The van der Waals surface area contributed by atoms with Crippen molar-refractivity contribution in [3.05, 3.63) is 59.2 Å². The molecule has 0 radical (unpaired) electrons. The van der Waals surface area contributed by atoms with E-state index in [1.165, 1.54) is 6.07 Å². The number of ether oxygens (including phenoxy) is 2. The second-order valence-corrected chi connectivity index (χ2v) is 5.47. The molecule has 0 aliphatic carbocycles. The molecule has 2 heterocycles. The average molecular weight is 331 g/mol. The summed E-state index contributed by atoms with van der Waals surface area (Å²) in [6.45, 7) is 0.0672. The van der Waals surface area contributed by atoms with E-state index in [1.807, 2.05) is 0 Å². The van der Waals surface area contributed by atoms with Gasteiger partial charge >= 0.3 is 6.29 Å². The molecule has 0 spiro atoms. The van der Waals surface area contributed by atoms with E-state index in [0.717, 1.165) is 4.90 Å². The van der Waals surface area contributed by atoms with Gasteiger partial charge in [0.1, 0.15) is 0 Å². The standard InChI is InChI=1S/C17H11F2NO4/c18-17(19)23-13-7-3-4-10(14(13)24-17)8-9-20-15(21)11-5-1-2-6-12(11)16(20)22/h1-7H,8-9H2. The normalized spacial score (nSPS) is 17.3. The van der Waals surface area contributed by atoms with Crippen molar-refractivity contribution in [2.45, 2.75) is 12.7 Å². The van der Waals surface area contributed by atoms with Crippen molar-refractivity contribution in [3.8, 4) is 11.5 Å².